The van der Waals surface area contributed by atoms with Crippen LogP contribution in [0.25, 0.3) is 0 Å². The molecular formula is C20H32N4O4. The van der Waals surface area contributed by atoms with Crippen molar-refractivity contribution in [3.63, 3.8) is 0 Å². The van der Waals surface area contributed by atoms with Crippen LogP contribution in [-0.2, 0) is 9.59 Å². The quantitative estimate of drug-likeness (QED) is 0.655. The van der Waals surface area contributed by atoms with Crippen molar-refractivity contribution in [2.75, 3.05) is 38.5 Å². The van der Waals surface area contributed by atoms with Crippen molar-refractivity contribution in [3.8, 4) is 0 Å². The number of piperazine rings is 1. The number of anilines is 1. The number of hydrogen-bond donors (Lipinski definition) is 3. The number of aryl methyl sites for hydroxylation is 1. The number of rotatable bonds is 5. The van der Waals surface area contributed by atoms with Crippen molar-refractivity contribution in [2.24, 2.45) is 0 Å². The van der Waals surface area contributed by atoms with E-state index in [2.05, 4.69) is 27.5 Å². The smallest absolute Gasteiger partial charge is 0.290 e. The molecule has 1 aliphatic heterocycles. The molecule has 3 N–H and O–H groups in total. The monoisotopic (exact) mass is 392 g/mol. The Morgan fingerprint density at radius 1 is 1.14 bits per heavy atom. The molecule has 0 aliphatic carbocycles. The minimum absolute atomic E-state index is 0.0333. The Hall–Kier alpha value is -2.45. The van der Waals surface area contributed by atoms with Crippen molar-refractivity contribution in [1.29, 1.82) is 0 Å². The van der Waals surface area contributed by atoms with Crippen molar-refractivity contribution in [3.05, 3.63) is 29.3 Å². The second kappa shape index (κ2) is 11.4. The second-order valence-corrected chi connectivity index (χ2v) is 7.27. The van der Waals surface area contributed by atoms with Gasteiger partial charge in [-0.2, -0.15) is 0 Å². The second-order valence-electron chi connectivity index (χ2n) is 7.27. The Morgan fingerprint density at radius 2 is 1.71 bits per heavy atom. The summed E-state index contributed by atoms with van der Waals surface area (Å²) in [7, 11) is 2.10. The van der Waals surface area contributed by atoms with Gasteiger partial charge in [0.25, 0.3) is 12.4 Å². The van der Waals surface area contributed by atoms with Gasteiger partial charge in [0, 0.05) is 43.5 Å². The topological polar surface area (TPSA) is 102 Å². The maximum absolute atomic E-state index is 12.6. The molecule has 1 heterocycles. The molecule has 28 heavy (non-hydrogen) atoms. The Kier molecular flexibility index (Phi) is 9.61. The fourth-order valence-electron chi connectivity index (χ4n) is 2.86. The van der Waals surface area contributed by atoms with E-state index in [0.29, 0.717) is 11.3 Å². The lowest BCUT2D eigenvalue weighted by atomic mass is 10.1. The highest BCUT2D eigenvalue weighted by Gasteiger charge is 2.24. The number of likely N-dealkylation sites (N-methyl/N-ethyl adjacent to an activating group) is 1. The molecule has 1 saturated heterocycles. The molecule has 0 radical (unpaired) electrons. The third kappa shape index (κ3) is 7.28. The molecule has 8 nitrogen and oxygen atoms in total. The van der Waals surface area contributed by atoms with E-state index in [1.807, 2.05) is 33.8 Å². The van der Waals surface area contributed by atoms with Crippen LogP contribution in [0.3, 0.4) is 0 Å². The van der Waals surface area contributed by atoms with Crippen LogP contribution in [0.1, 0.15) is 36.7 Å². The molecule has 0 spiro atoms. The van der Waals surface area contributed by atoms with E-state index in [4.69, 9.17) is 9.90 Å². The molecule has 1 aromatic rings. The highest BCUT2D eigenvalue weighted by atomic mass is 16.3. The van der Waals surface area contributed by atoms with Crippen LogP contribution in [0.15, 0.2) is 18.2 Å². The Labute approximate surface area is 166 Å². The summed E-state index contributed by atoms with van der Waals surface area (Å²) in [5, 5.41) is 12.8. The summed E-state index contributed by atoms with van der Waals surface area (Å²) in [6, 6.07) is 5.28. The van der Waals surface area contributed by atoms with Gasteiger partial charge in [0.2, 0.25) is 5.91 Å². The summed E-state index contributed by atoms with van der Waals surface area (Å²) in [4.78, 5) is 37.6. The fourth-order valence-corrected chi connectivity index (χ4v) is 2.86. The molecule has 0 bridgehead atoms. The van der Waals surface area contributed by atoms with Crippen molar-refractivity contribution >= 4 is 24.0 Å². The van der Waals surface area contributed by atoms with Crippen molar-refractivity contribution in [2.45, 2.75) is 39.8 Å². The van der Waals surface area contributed by atoms with E-state index in [9.17, 15) is 9.59 Å². The molecule has 2 rings (SSSR count). The molecule has 0 saturated carbocycles. The van der Waals surface area contributed by atoms with Crippen molar-refractivity contribution in [1.82, 2.24) is 15.1 Å². The molecule has 0 aromatic heterocycles. The van der Waals surface area contributed by atoms with Gasteiger partial charge in [-0.15, -0.1) is 0 Å². The maximum Gasteiger partial charge on any atom is 0.290 e. The third-order valence-corrected chi connectivity index (χ3v) is 4.64. The van der Waals surface area contributed by atoms with Gasteiger partial charge in [-0.1, -0.05) is 6.07 Å². The number of carboxylic acid groups (broad SMARTS) is 1. The van der Waals surface area contributed by atoms with E-state index in [0.717, 1.165) is 31.7 Å². The zero-order valence-electron chi connectivity index (χ0n) is 17.4. The van der Waals surface area contributed by atoms with Crippen LogP contribution in [0.4, 0.5) is 5.69 Å². The highest BCUT2D eigenvalue weighted by molar-refractivity contribution is 5.99. The summed E-state index contributed by atoms with van der Waals surface area (Å²) in [5.74, 6) is -0.160. The Balaban J connectivity index is 0.00000122. The Morgan fingerprint density at radius 3 is 2.25 bits per heavy atom. The fraction of sp³-hybridized carbons (Fsp3) is 0.550. The molecular weight excluding hydrogens is 360 g/mol. The first-order valence-corrected chi connectivity index (χ1v) is 9.42. The average Bonchev–Trinajstić information content (AvgIpc) is 2.63. The molecule has 1 aromatic carbocycles. The number of benzene rings is 1. The normalized spacial score (nSPS) is 15.9. The van der Waals surface area contributed by atoms with Crippen LogP contribution in [-0.4, -0.2) is 78.5 Å². The average molecular weight is 393 g/mol. The lowest BCUT2D eigenvalue weighted by Crippen LogP contribution is -2.51. The van der Waals surface area contributed by atoms with E-state index < -0.39 is 0 Å². The standard InChI is InChI=1S/C19H30N4O2.CH2O2/c1-13(2)20-19(25)16-7-6-14(3)17(12-16)21-18(24)15(4)23-10-8-22(5)9-11-23;2-1-3/h6-7,12-13,15H,8-11H2,1-5H3,(H,20,25)(H,21,24);1H,(H,2,3). The number of nitrogens with zero attached hydrogens (tertiary/aromatic N) is 2. The molecule has 2 amide bonds. The van der Waals surface area contributed by atoms with Crippen LogP contribution in [0.2, 0.25) is 0 Å². The highest BCUT2D eigenvalue weighted by Crippen LogP contribution is 2.18. The van der Waals surface area contributed by atoms with Crippen LogP contribution in [0, 0.1) is 6.92 Å². The maximum atomic E-state index is 12.6. The molecule has 1 fully saturated rings. The predicted octanol–water partition coefficient (Wildman–Crippen LogP) is 1.41. The lowest BCUT2D eigenvalue weighted by Gasteiger charge is -2.35. The third-order valence-electron chi connectivity index (χ3n) is 4.64. The van der Waals surface area contributed by atoms with Crippen LogP contribution in [0.5, 0.6) is 0 Å². The summed E-state index contributed by atoms with van der Waals surface area (Å²) in [6.45, 7) is 11.2. The number of carbonyl (C=O) groups is 3. The van der Waals surface area contributed by atoms with E-state index >= 15 is 0 Å². The summed E-state index contributed by atoms with van der Waals surface area (Å²) < 4.78 is 0. The van der Waals surface area contributed by atoms with Crippen molar-refractivity contribution < 1.29 is 19.5 Å². The zero-order chi connectivity index (χ0) is 21.3. The van der Waals surface area contributed by atoms with Gasteiger partial charge in [0.05, 0.1) is 6.04 Å². The molecule has 1 unspecified atom stereocenters. The minimum Gasteiger partial charge on any atom is -0.483 e. The SMILES string of the molecule is Cc1ccc(C(=O)NC(C)C)cc1NC(=O)C(C)N1CCN(C)CC1.O=CO. The first-order valence-electron chi connectivity index (χ1n) is 9.42. The number of amides is 2. The first kappa shape index (κ1) is 23.6. The van der Waals surface area contributed by atoms with Gasteiger partial charge in [0.15, 0.2) is 0 Å². The predicted molar refractivity (Wildman–Crippen MR) is 110 cm³/mol. The summed E-state index contributed by atoms with van der Waals surface area (Å²) in [5.41, 5.74) is 2.20. The van der Waals surface area contributed by atoms with E-state index in [-0.39, 0.29) is 30.4 Å². The van der Waals surface area contributed by atoms with E-state index in [1.54, 1.807) is 12.1 Å². The van der Waals surface area contributed by atoms with Crippen LogP contribution < -0.4 is 10.6 Å². The summed E-state index contributed by atoms with van der Waals surface area (Å²) in [6.07, 6.45) is 0. The summed E-state index contributed by atoms with van der Waals surface area (Å²) >= 11 is 0. The minimum atomic E-state index is -0.250. The molecule has 1 aliphatic rings. The number of nitrogens with one attached hydrogen (secondary N) is 2. The van der Waals surface area contributed by atoms with Gasteiger partial charge >= 0.3 is 0 Å². The molecule has 1 atom stereocenters. The first-order chi connectivity index (χ1) is 13.2. The van der Waals surface area contributed by atoms with Gasteiger partial charge in [-0.3, -0.25) is 19.3 Å². The zero-order valence-corrected chi connectivity index (χ0v) is 17.4. The number of hydrogen-bond acceptors (Lipinski definition) is 5. The van der Waals surface area contributed by atoms with Gasteiger partial charge in [-0.05, 0) is 52.4 Å². The Bertz CT molecular complexity index is 670. The largest absolute Gasteiger partial charge is 0.483 e. The number of carbonyl (C=O) groups excluding carboxylic acids is 2. The van der Waals surface area contributed by atoms with Crippen LogP contribution >= 0.6 is 0 Å². The van der Waals surface area contributed by atoms with Gasteiger partial charge in [-0.25, -0.2) is 0 Å². The van der Waals surface area contributed by atoms with E-state index in [1.165, 1.54) is 0 Å². The van der Waals surface area contributed by atoms with Gasteiger partial charge in [0.1, 0.15) is 0 Å². The molecule has 8 heteroatoms. The van der Waals surface area contributed by atoms with Gasteiger partial charge < -0.3 is 20.6 Å². The lowest BCUT2D eigenvalue weighted by molar-refractivity contribution is -0.123. The molecule has 156 valence electrons.